The molecule has 0 unspecified atom stereocenters. The first-order valence-corrected chi connectivity index (χ1v) is 5.52. The number of aromatic hydroxyl groups is 1. The molecule has 4 nitrogen and oxygen atoms in total. The molecule has 3 aromatic rings. The number of rotatable bonds is 1. The topological polar surface area (TPSA) is 66.0 Å². The minimum atomic E-state index is -0.363. The maximum absolute atomic E-state index is 11.3. The van der Waals surface area contributed by atoms with E-state index < -0.39 is 0 Å². The Morgan fingerprint density at radius 2 is 1.83 bits per heavy atom. The molecule has 88 valence electrons. The number of nitrogens with zero attached hydrogens (tertiary/aromatic N) is 1. The summed E-state index contributed by atoms with van der Waals surface area (Å²) in [6.45, 7) is 0. The highest BCUT2D eigenvalue weighted by Gasteiger charge is 2.05. The molecule has 4 heteroatoms. The maximum Gasteiger partial charge on any atom is 0.253 e. The molecule has 0 amide bonds. The standard InChI is InChI=1S/C14H10N2O2/c17-12-8-13(18)16-14-10(12)6-7-11(15-14)9-4-2-1-3-5-9/h1-8H,(H2,15,16,17,18). The molecule has 0 atom stereocenters. The smallest absolute Gasteiger partial charge is 0.253 e. The summed E-state index contributed by atoms with van der Waals surface area (Å²) in [5, 5.41) is 10.2. The fraction of sp³-hybridized carbons (Fsp3) is 0. The minimum absolute atomic E-state index is 0.0548. The van der Waals surface area contributed by atoms with Crippen molar-refractivity contribution in [2.24, 2.45) is 0 Å². The van der Waals surface area contributed by atoms with Crippen molar-refractivity contribution >= 4 is 11.0 Å². The summed E-state index contributed by atoms with van der Waals surface area (Å²) in [5.74, 6) is -0.0548. The molecule has 1 aromatic carbocycles. The predicted octanol–water partition coefficient (Wildman–Crippen LogP) is 2.30. The number of aromatic nitrogens is 2. The summed E-state index contributed by atoms with van der Waals surface area (Å²) < 4.78 is 0. The van der Waals surface area contributed by atoms with Crippen molar-refractivity contribution in [1.29, 1.82) is 0 Å². The van der Waals surface area contributed by atoms with Crippen LogP contribution in [0.25, 0.3) is 22.3 Å². The number of hydrogen-bond donors (Lipinski definition) is 2. The molecule has 0 spiro atoms. The molecule has 0 saturated carbocycles. The molecular formula is C14H10N2O2. The van der Waals surface area contributed by atoms with Crippen molar-refractivity contribution in [3.05, 3.63) is 58.9 Å². The zero-order chi connectivity index (χ0) is 12.5. The van der Waals surface area contributed by atoms with E-state index in [1.165, 1.54) is 0 Å². The second-order valence-corrected chi connectivity index (χ2v) is 3.98. The van der Waals surface area contributed by atoms with Crippen molar-refractivity contribution in [2.45, 2.75) is 0 Å². The van der Waals surface area contributed by atoms with E-state index in [9.17, 15) is 9.90 Å². The molecule has 0 saturated heterocycles. The highest BCUT2D eigenvalue weighted by atomic mass is 16.3. The van der Waals surface area contributed by atoms with Crippen molar-refractivity contribution in [1.82, 2.24) is 9.97 Å². The van der Waals surface area contributed by atoms with Gasteiger partial charge in [-0.25, -0.2) is 4.98 Å². The van der Waals surface area contributed by atoms with Gasteiger partial charge in [0.1, 0.15) is 11.4 Å². The van der Waals surface area contributed by atoms with Crippen molar-refractivity contribution in [2.75, 3.05) is 0 Å². The van der Waals surface area contributed by atoms with Gasteiger partial charge in [0, 0.05) is 11.6 Å². The number of H-pyrrole nitrogens is 1. The Labute approximate surface area is 103 Å². The van der Waals surface area contributed by atoms with E-state index in [1.807, 2.05) is 36.4 Å². The zero-order valence-electron chi connectivity index (χ0n) is 9.42. The number of pyridine rings is 2. The van der Waals surface area contributed by atoms with Gasteiger partial charge in [-0.3, -0.25) is 4.79 Å². The van der Waals surface area contributed by atoms with E-state index in [0.29, 0.717) is 11.0 Å². The average Bonchev–Trinajstić information content (AvgIpc) is 2.39. The van der Waals surface area contributed by atoms with Crippen LogP contribution in [0, 0.1) is 0 Å². The summed E-state index contributed by atoms with van der Waals surface area (Å²) in [7, 11) is 0. The maximum atomic E-state index is 11.3. The molecule has 0 aliphatic carbocycles. The summed E-state index contributed by atoms with van der Waals surface area (Å²) in [4.78, 5) is 18.3. The van der Waals surface area contributed by atoms with E-state index in [-0.39, 0.29) is 11.3 Å². The third-order valence-corrected chi connectivity index (χ3v) is 2.75. The quantitative estimate of drug-likeness (QED) is 0.683. The summed E-state index contributed by atoms with van der Waals surface area (Å²) in [5.41, 5.74) is 1.74. The third kappa shape index (κ3) is 1.73. The summed E-state index contributed by atoms with van der Waals surface area (Å²) in [6.07, 6.45) is 0. The van der Waals surface area contributed by atoms with Gasteiger partial charge in [0.15, 0.2) is 0 Å². The van der Waals surface area contributed by atoms with E-state index in [2.05, 4.69) is 9.97 Å². The molecule has 2 N–H and O–H groups in total. The Kier molecular flexibility index (Phi) is 2.34. The zero-order valence-corrected chi connectivity index (χ0v) is 9.42. The monoisotopic (exact) mass is 238 g/mol. The molecule has 3 rings (SSSR count). The third-order valence-electron chi connectivity index (χ3n) is 2.75. The van der Waals surface area contributed by atoms with Crippen molar-refractivity contribution in [3.63, 3.8) is 0 Å². The number of fused-ring (bicyclic) bond motifs is 1. The Bertz CT molecular complexity index is 764. The second kappa shape index (κ2) is 4.00. The summed E-state index contributed by atoms with van der Waals surface area (Å²) in [6, 6.07) is 14.4. The van der Waals surface area contributed by atoms with Gasteiger partial charge in [0.2, 0.25) is 0 Å². The van der Waals surface area contributed by atoms with Crippen LogP contribution in [0.5, 0.6) is 5.75 Å². The van der Waals surface area contributed by atoms with Crippen LogP contribution in [0.2, 0.25) is 0 Å². The van der Waals surface area contributed by atoms with E-state index in [4.69, 9.17) is 0 Å². The first-order valence-electron chi connectivity index (χ1n) is 5.52. The normalized spacial score (nSPS) is 10.7. The SMILES string of the molecule is O=c1cc(O)c2ccc(-c3ccccc3)nc2[nH]1. The average molecular weight is 238 g/mol. The van der Waals surface area contributed by atoms with Gasteiger partial charge >= 0.3 is 0 Å². The lowest BCUT2D eigenvalue weighted by Gasteiger charge is -2.03. The Hall–Kier alpha value is -2.62. The molecule has 0 bridgehead atoms. The Morgan fingerprint density at radius 1 is 1.06 bits per heavy atom. The molecule has 0 fully saturated rings. The fourth-order valence-electron chi connectivity index (χ4n) is 1.89. The molecule has 2 heterocycles. The van der Waals surface area contributed by atoms with Gasteiger partial charge < -0.3 is 10.1 Å². The lowest BCUT2D eigenvalue weighted by molar-refractivity contribution is 0.480. The van der Waals surface area contributed by atoms with Gasteiger partial charge in [-0.1, -0.05) is 30.3 Å². The van der Waals surface area contributed by atoms with Crippen LogP contribution < -0.4 is 5.56 Å². The number of hydrogen-bond acceptors (Lipinski definition) is 3. The summed E-state index contributed by atoms with van der Waals surface area (Å²) >= 11 is 0. The van der Waals surface area contributed by atoms with Gasteiger partial charge in [-0.05, 0) is 12.1 Å². The van der Waals surface area contributed by atoms with Gasteiger partial charge in [-0.2, -0.15) is 0 Å². The van der Waals surface area contributed by atoms with Gasteiger partial charge in [-0.15, -0.1) is 0 Å². The lowest BCUT2D eigenvalue weighted by Crippen LogP contribution is -2.04. The molecule has 0 aliphatic heterocycles. The second-order valence-electron chi connectivity index (χ2n) is 3.98. The highest BCUT2D eigenvalue weighted by Crippen LogP contribution is 2.23. The van der Waals surface area contributed by atoms with Crippen LogP contribution in [0.4, 0.5) is 0 Å². The van der Waals surface area contributed by atoms with Gasteiger partial charge in [0.05, 0.1) is 11.1 Å². The van der Waals surface area contributed by atoms with Crippen LogP contribution in [0.1, 0.15) is 0 Å². The predicted molar refractivity (Wildman–Crippen MR) is 69.5 cm³/mol. The van der Waals surface area contributed by atoms with Crippen molar-refractivity contribution < 1.29 is 5.11 Å². The van der Waals surface area contributed by atoms with Crippen LogP contribution in [-0.2, 0) is 0 Å². The molecular weight excluding hydrogens is 228 g/mol. The molecule has 2 aromatic heterocycles. The van der Waals surface area contributed by atoms with Crippen LogP contribution >= 0.6 is 0 Å². The van der Waals surface area contributed by atoms with Crippen molar-refractivity contribution in [3.8, 4) is 17.0 Å². The number of benzene rings is 1. The van der Waals surface area contributed by atoms with Crippen LogP contribution in [-0.4, -0.2) is 15.1 Å². The molecule has 18 heavy (non-hydrogen) atoms. The van der Waals surface area contributed by atoms with Crippen LogP contribution in [0.3, 0.4) is 0 Å². The van der Waals surface area contributed by atoms with E-state index in [0.717, 1.165) is 17.3 Å². The highest BCUT2D eigenvalue weighted by molar-refractivity contribution is 5.83. The number of nitrogens with one attached hydrogen (secondary N) is 1. The fourth-order valence-corrected chi connectivity index (χ4v) is 1.89. The minimum Gasteiger partial charge on any atom is -0.507 e. The van der Waals surface area contributed by atoms with Crippen LogP contribution in [0.15, 0.2) is 53.3 Å². The number of aromatic amines is 1. The molecule has 0 radical (unpaired) electrons. The first kappa shape index (κ1) is 10.5. The lowest BCUT2D eigenvalue weighted by atomic mass is 10.1. The van der Waals surface area contributed by atoms with E-state index >= 15 is 0 Å². The Balaban J connectivity index is 2.26. The van der Waals surface area contributed by atoms with Gasteiger partial charge in [0.25, 0.3) is 5.56 Å². The first-order chi connectivity index (χ1) is 8.74. The largest absolute Gasteiger partial charge is 0.507 e. The Morgan fingerprint density at radius 3 is 2.61 bits per heavy atom. The molecule has 0 aliphatic rings. The van der Waals surface area contributed by atoms with E-state index in [1.54, 1.807) is 6.07 Å².